The lowest BCUT2D eigenvalue weighted by Crippen LogP contribution is -2.24. The molecule has 1 aliphatic carbocycles. The van der Waals surface area contributed by atoms with Crippen LogP contribution in [-0.4, -0.2) is 25.0 Å². The third-order valence-corrected chi connectivity index (χ3v) is 3.63. The van der Waals surface area contributed by atoms with Crippen LogP contribution in [0.2, 0.25) is 0 Å². The minimum absolute atomic E-state index is 1.03. The summed E-state index contributed by atoms with van der Waals surface area (Å²) in [6.07, 6.45) is 6.01. The lowest BCUT2D eigenvalue weighted by Gasteiger charge is -2.34. The van der Waals surface area contributed by atoms with Crippen LogP contribution in [0.15, 0.2) is 0 Å². The molecule has 0 amide bonds. The van der Waals surface area contributed by atoms with E-state index in [1.165, 1.54) is 38.8 Å². The molecule has 0 aromatic heterocycles. The van der Waals surface area contributed by atoms with E-state index in [1.807, 2.05) is 0 Å². The molecule has 1 nitrogen and oxygen atoms in total. The summed E-state index contributed by atoms with van der Waals surface area (Å²) in [7, 11) is 2.25. The molecule has 0 bridgehead atoms. The predicted molar refractivity (Wildman–Crippen MR) is 52.1 cm³/mol. The van der Waals surface area contributed by atoms with Gasteiger partial charge in [0.1, 0.15) is 0 Å². The first-order valence-corrected chi connectivity index (χ1v) is 5.42. The molecular weight excluding hydrogens is 146 g/mol. The van der Waals surface area contributed by atoms with Gasteiger partial charge in [0.05, 0.1) is 0 Å². The number of rotatable bonds is 2. The van der Waals surface area contributed by atoms with Crippen LogP contribution in [0, 0.1) is 17.8 Å². The highest BCUT2D eigenvalue weighted by molar-refractivity contribution is 4.82. The molecular formula is C11H21N. The van der Waals surface area contributed by atoms with Crippen molar-refractivity contribution >= 4 is 0 Å². The summed E-state index contributed by atoms with van der Waals surface area (Å²) in [5, 5.41) is 0. The average Bonchev–Trinajstić information content (AvgIpc) is 2.33. The molecule has 0 N–H and O–H groups in total. The van der Waals surface area contributed by atoms with Crippen LogP contribution in [0.5, 0.6) is 0 Å². The standard InChI is InChI=1S/C11H21N/c1-9-5-11(6-9)7-10-3-4-12(2)8-10/h9-11H,3-8H2,1-2H3. The van der Waals surface area contributed by atoms with Crippen molar-refractivity contribution < 1.29 is 0 Å². The molecule has 1 heteroatoms. The Morgan fingerprint density at radius 2 is 2.00 bits per heavy atom. The van der Waals surface area contributed by atoms with Crippen LogP contribution in [0.3, 0.4) is 0 Å². The van der Waals surface area contributed by atoms with Crippen molar-refractivity contribution in [3.05, 3.63) is 0 Å². The SMILES string of the molecule is CC1CC(CC2CCN(C)C2)C1. The summed E-state index contributed by atoms with van der Waals surface area (Å²) in [6, 6.07) is 0. The maximum Gasteiger partial charge on any atom is 0.000719 e. The Bertz CT molecular complexity index is 149. The summed E-state index contributed by atoms with van der Waals surface area (Å²) < 4.78 is 0. The van der Waals surface area contributed by atoms with Crippen LogP contribution in [0.1, 0.15) is 32.6 Å². The van der Waals surface area contributed by atoms with Gasteiger partial charge in [0, 0.05) is 6.54 Å². The van der Waals surface area contributed by atoms with E-state index in [2.05, 4.69) is 18.9 Å². The summed E-state index contributed by atoms with van der Waals surface area (Å²) in [5.74, 6) is 3.16. The second-order valence-corrected chi connectivity index (χ2v) is 5.10. The van der Waals surface area contributed by atoms with Crippen molar-refractivity contribution in [2.75, 3.05) is 20.1 Å². The highest BCUT2D eigenvalue weighted by Gasteiger charge is 2.29. The highest BCUT2D eigenvalue weighted by atomic mass is 15.1. The van der Waals surface area contributed by atoms with E-state index in [0.29, 0.717) is 0 Å². The number of hydrogen-bond acceptors (Lipinski definition) is 1. The first-order valence-electron chi connectivity index (χ1n) is 5.42. The zero-order chi connectivity index (χ0) is 8.55. The minimum Gasteiger partial charge on any atom is -0.306 e. The molecule has 2 rings (SSSR count). The fourth-order valence-electron chi connectivity index (χ4n) is 2.95. The van der Waals surface area contributed by atoms with Gasteiger partial charge in [-0.3, -0.25) is 0 Å². The second kappa shape index (κ2) is 3.37. The van der Waals surface area contributed by atoms with E-state index >= 15 is 0 Å². The van der Waals surface area contributed by atoms with Gasteiger partial charge >= 0.3 is 0 Å². The van der Waals surface area contributed by atoms with Gasteiger partial charge in [-0.1, -0.05) is 6.92 Å². The molecule has 0 radical (unpaired) electrons. The highest BCUT2D eigenvalue weighted by Crippen LogP contribution is 2.39. The van der Waals surface area contributed by atoms with E-state index in [4.69, 9.17) is 0 Å². The smallest absolute Gasteiger partial charge is 0.000719 e. The normalized spacial score (nSPS) is 43.0. The Morgan fingerprint density at radius 1 is 1.25 bits per heavy atom. The monoisotopic (exact) mass is 167 g/mol. The number of hydrogen-bond donors (Lipinski definition) is 0. The van der Waals surface area contributed by atoms with Crippen LogP contribution < -0.4 is 0 Å². The molecule has 0 spiro atoms. The molecule has 1 saturated carbocycles. The van der Waals surface area contributed by atoms with Gasteiger partial charge in [-0.2, -0.15) is 0 Å². The minimum atomic E-state index is 1.03. The third kappa shape index (κ3) is 1.82. The Labute approximate surface area is 76.1 Å². The summed E-state index contributed by atoms with van der Waals surface area (Å²) in [5.41, 5.74) is 0. The van der Waals surface area contributed by atoms with Gasteiger partial charge in [0.2, 0.25) is 0 Å². The van der Waals surface area contributed by atoms with Crippen molar-refractivity contribution in [1.29, 1.82) is 0 Å². The van der Waals surface area contributed by atoms with Gasteiger partial charge in [-0.25, -0.2) is 0 Å². The van der Waals surface area contributed by atoms with E-state index in [1.54, 1.807) is 0 Å². The lowest BCUT2D eigenvalue weighted by molar-refractivity contribution is 0.174. The van der Waals surface area contributed by atoms with Crippen LogP contribution in [0.25, 0.3) is 0 Å². The number of likely N-dealkylation sites (tertiary alicyclic amines) is 1. The molecule has 1 saturated heterocycles. The molecule has 1 atom stereocenters. The molecule has 1 unspecified atom stereocenters. The molecule has 0 aromatic rings. The Morgan fingerprint density at radius 3 is 2.50 bits per heavy atom. The van der Waals surface area contributed by atoms with Crippen molar-refractivity contribution in [3.8, 4) is 0 Å². The van der Waals surface area contributed by atoms with E-state index in [9.17, 15) is 0 Å². The quantitative estimate of drug-likeness (QED) is 0.610. The molecule has 0 aromatic carbocycles. The Kier molecular flexibility index (Phi) is 2.40. The van der Waals surface area contributed by atoms with Gasteiger partial charge < -0.3 is 4.90 Å². The van der Waals surface area contributed by atoms with Gasteiger partial charge in [-0.05, 0) is 57.0 Å². The maximum absolute atomic E-state index is 2.48. The molecule has 2 fully saturated rings. The van der Waals surface area contributed by atoms with Gasteiger partial charge in [0.25, 0.3) is 0 Å². The van der Waals surface area contributed by atoms with Crippen LogP contribution >= 0.6 is 0 Å². The molecule has 2 aliphatic rings. The Balaban J connectivity index is 1.67. The van der Waals surface area contributed by atoms with Crippen molar-refractivity contribution in [1.82, 2.24) is 4.90 Å². The largest absolute Gasteiger partial charge is 0.306 e. The van der Waals surface area contributed by atoms with Gasteiger partial charge in [0.15, 0.2) is 0 Å². The topological polar surface area (TPSA) is 3.24 Å². The van der Waals surface area contributed by atoms with E-state index in [-0.39, 0.29) is 0 Å². The second-order valence-electron chi connectivity index (χ2n) is 5.10. The molecule has 1 heterocycles. The summed E-state index contributed by atoms with van der Waals surface area (Å²) in [4.78, 5) is 2.48. The zero-order valence-electron chi connectivity index (χ0n) is 8.42. The fraction of sp³-hybridized carbons (Fsp3) is 1.00. The number of nitrogens with zero attached hydrogens (tertiary/aromatic N) is 1. The van der Waals surface area contributed by atoms with Crippen LogP contribution in [0.4, 0.5) is 0 Å². The molecule has 12 heavy (non-hydrogen) atoms. The van der Waals surface area contributed by atoms with E-state index in [0.717, 1.165) is 17.8 Å². The maximum atomic E-state index is 2.48. The summed E-state index contributed by atoms with van der Waals surface area (Å²) >= 11 is 0. The fourth-order valence-corrected chi connectivity index (χ4v) is 2.95. The van der Waals surface area contributed by atoms with Crippen molar-refractivity contribution in [2.24, 2.45) is 17.8 Å². The zero-order valence-corrected chi connectivity index (χ0v) is 8.42. The van der Waals surface area contributed by atoms with Crippen molar-refractivity contribution in [3.63, 3.8) is 0 Å². The van der Waals surface area contributed by atoms with E-state index < -0.39 is 0 Å². The first kappa shape index (κ1) is 8.55. The lowest BCUT2D eigenvalue weighted by atomic mass is 9.72. The molecule has 1 aliphatic heterocycles. The summed E-state index contributed by atoms with van der Waals surface area (Å²) in [6.45, 7) is 5.09. The Hall–Kier alpha value is -0.0400. The van der Waals surface area contributed by atoms with Crippen LogP contribution in [-0.2, 0) is 0 Å². The van der Waals surface area contributed by atoms with Gasteiger partial charge in [-0.15, -0.1) is 0 Å². The first-order chi connectivity index (χ1) is 5.74. The third-order valence-electron chi connectivity index (χ3n) is 3.63. The average molecular weight is 167 g/mol. The predicted octanol–water partition coefficient (Wildman–Crippen LogP) is 2.37. The van der Waals surface area contributed by atoms with Crippen molar-refractivity contribution in [2.45, 2.75) is 32.6 Å². The molecule has 70 valence electrons.